The van der Waals surface area contributed by atoms with Gasteiger partial charge in [0, 0.05) is 30.9 Å². The summed E-state index contributed by atoms with van der Waals surface area (Å²) >= 11 is 3.53. The lowest BCUT2D eigenvalue weighted by Crippen LogP contribution is -2.45. The van der Waals surface area contributed by atoms with E-state index in [2.05, 4.69) is 26.1 Å². The normalized spacial score (nSPS) is 17.5. The third-order valence-electron chi connectivity index (χ3n) is 4.69. The molecule has 3 aromatic rings. The van der Waals surface area contributed by atoms with Gasteiger partial charge < -0.3 is 20.1 Å². The number of nitrogens with two attached hydrogens (primary N) is 1. The Balaban J connectivity index is 1.69. The smallest absolute Gasteiger partial charge is 0.410 e. The minimum atomic E-state index is -0.566. The van der Waals surface area contributed by atoms with Crippen molar-refractivity contribution < 1.29 is 14.3 Å². The van der Waals surface area contributed by atoms with Crippen LogP contribution in [0, 0.1) is 0 Å². The van der Waals surface area contributed by atoms with Gasteiger partial charge in [0.1, 0.15) is 17.5 Å². The molecule has 0 bridgehead atoms. The monoisotopic (exact) mass is 477 g/mol. The maximum Gasteiger partial charge on any atom is 0.410 e. The molecular formula is C19H24BrN7O3. The molecule has 0 saturated carbocycles. The van der Waals surface area contributed by atoms with Crippen molar-refractivity contribution in [1.29, 1.82) is 0 Å². The second-order valence-corrected chi connectivity index (χ2v) is 8.97. The molecule has 1 unspecified atom stereocenters. The van der Waals surface area contributed by atoms with Gasteiger partial charge in [0.05, 0.1) is 35.7 Å². The summed E-state index contributed by atoms with van der Waals surface area (Å²) in [6, 6.07) is 0. The summed E-state index contributed by atoms with van der Waals surface area (Å²) in [7, 11) is 1.85. The van der Waals surface area contributed by atoms with Crippen LogP contribution in [0.1, 0.15) is 32.6 Å². The standard InChI is InChI=1S/C19H24BrN7O3/c1-19(2,3)30-18(28)26-5-6-29-13(10-26)15-14(20)16(21)27-17(24-15)12(8-23-27)11-7-22-25(4)9-11/h7-9,13H,5-6,10,21H2,1-4H3. The molecule has 1 atom stereocenters. The minimum Gasteiger partial charge on any atom is -0.444 e. The average Bonchev–Trinajstić information content (AvgIpc) is 3.29. The number of carbonyl (C=O) groups excluding carboxylic acids is 1. The second-order valence-electron chi connectivity index (χ2n) is 8.18. The summed E-state index contributed by atoms with van der Waals surface area (Å²) in [5.74, 6) is 0.406. The van der Waals surface area contributed by atoms with E-state index >= 15 is 0 Å². The fourth-order valence-corrected chi connectivity index (χ4v) is 3.81. The Kier molecular flexibility index (Phi) is 5.18. The zero-order chi connectivity index (χ0) is 21.6. The van der Waals surface area contributed by atoms with Crippen LogP contribution in [0.25, 0.3) is 16.8 Å². The van der Waals surface area contributed by atoms with Crippen LogP contribution in [0.4, 0.5) is 10.6 Å². The van der Waals surface area contributed by atoms with Gasteiger partial charge in [-0.25, -0.2) is 9.78 Å². The van der Waals surface area contributed by atoms with E-state index in [1.165, 1.54) is 0 Å². The van der Waals surface area contributed by atoms with Crippen LogP contribution in [-0.2, 0) is 16.5 Å². The number of anilines is 1. The van der Waals surface area contributed by atoms with E-state index in [9.17, 15) is 4.79 Å². The summed E-state index contributed by atoms with van der Waals surface area (Å²) in [6.45, 7) is 6.66. The third-order valence-corrected chi connectivity index (χ3v) is 5.50. The van der Waals surface area contributed by atoms with E-state index in [4.69, 9.17) is 20.2 Å². The Labute approximate surface area is 182 Å². The zero-order valence-electron chi connectivity index (χ0n) is 17.3. The summed E-state index contributed by atoms with van der Waals surface area (Å²) in [5, 5.41) is 8.59. The number of fused-ring (bicyclic) bond motifs is 1. The van der Waals surface area contributed by atoms with Gasteiger partial charge >= 0.3 is 6.09 Å². The number of hydrogen-bond acceptors (Lipinski definition) is 7. The summed E-state index contributed by atoms with van der Waals surface area (Å²) in [4.78, 5) is 19.0. The van der Waals surface area contributed by atoms with Crippen LogP contribution in [0.3, 0.4) is 0 Å². The van der Waals surface area contributed by atoms with Crippen LogP contribution in [0.15, 0.2) is 23.1 Å². The lowest BCUT2D eigenvalue weighted by atomic mass is 10.1. The van der Waals surface area contributed by atoms with Gasteiger partial charge in [-0.3, -0.25) is 4.68 Å². The molecule has 0 radical (unpaired) electrons. The molecule has 3 aromatic heterocycles. The van der Waals surface area contributed by atoms with E-state index < -0.39 is 11.7 Å². The van der Waals surface area contributed by atoms with Crippen LogP contribution >= 0.6 is 15.9 Å². The van der Waals surface area contributed by atoms with Gasteiger partial charge in [-0.1, -0.05) is 0 Å². The fraction of sp³-hybridized carbons (Fsp3) is 0.474. The molecule has 160 valence electrons. The summed E-state index contributed by atoms with van der Waals surface area (Å²) in [6.07, 6.45) is 4.52. The van der Waals surface area contributed by atoms with Crippen molar-refractivity contribution in [3.8, 4) is 11.1 Å². The van der Waals surface area contributed by atoms with Crippen molar-refractivity contribution in [2.24, 2.45) is 7.05 Å². The highest BCUT2D eigenvalue weighted by Crippen LogP contribution is 2.34. The largest absolute Gasteiger partial charge is 0.444 e. The Morgan fingerprint density at radius 2 is 2.10 bits per heavy atom. The predicted molar refractivity (Wildman–Crippen MR) is 114 cm³/mol. The molecule has 4 rings (SSSR count). The number of aryl methyl sites for hydroxylation is 1. The predicted octanol–water partition coefficient (Wildman–Crippen LogP) is 2.78. The van der Waals surface area contributed by atoms with Gasteiger partial charge in [0.2, 0.25) is 0 Å². The highest BCUT2D eigenvalue weighted by atomic mass is 79.9. The number of aromatic nitrogens is 5. The SMILES string of the molecule is Cn1cc(-c2cnn3c(N)c(Br)c(C4CN(C(=O)OC(C)(C)C)CCO4)nc23)cn1. The van der Waals surface area contributed by atoms with Crippen molar-refractivity contribution in [3.05, 3.63) is 28.8 Å². The Morgan fingerprint density at radius 3 is 2.77 bits per heavy atom. The molecule has 0 aliphatic carbocycles. The molecule has 30 heavy (non-hydrogen) atoms. The molecule has 1 saturated heterocycles. The Morgan fingerprint density at radius 1 is 1.33 bits per heavy atom. The van der Waals surface area contributed by atoms with Gasteiger partial charge in [-0.15, -0.1) is 0 Å². The quantitative estimate of drug-likeness (QED) is 0.603. The van der Waals surface area contributed by atoms with Crippen LogP contribution in [-0.4, -0.2) is 60.7 Å². The van der Waals surface area contributed by atoms with Gasteiger partial charge in [-0.05, 0) is 36.7 Å². The zero-order valence-corrected chi connectivity index (χ0v) is 18.9. The Hall–Kier alpha value is -2.66. The maximum atomic E-state index is 12.5. The topological polar surface area (TPSA) is 113 Å². The molecule has 1 amide bonds. The fourth-order valence-electron chi connectivity index (χ4n) is 3.30. The minimum absolute atomic E-state index is 0.312. The molecule has 1 aliphatic heterocycles. The third kappa shape index (κ3) is 3.86. The summed E-state index contributed by atoms with van der Waals surface area (Å²) in [5.41, 5.74) is 8.66. The molecule has 10 nitrogen and oxygen atoms in total. The van der Waals surface area contributed by atoms with Crippen molar-refractivity contribution in [1.82, 2.24) is 29.3 Å². The van der Waals surface area contributed by atoms with Gasteiger partial charge in [0.25, 0.3) is 0 Å². The molecule has 1 fully saturated rings. The molecule has 1 aliphatic rings. The van der Waals surface area contributed by atoms with Gasteiger partial charge in [-0.2, -0.15) is 14.7 Å². The number of nitrogen functional groups attached to an aromatic ring is 1. The molecular weight excluding hydrogens is 454 g/mol. The molecule has 0 spiro atoms. The van der Waals surface area contributed by atoms with Gasteiger partial charge in [0.15, 0.2) is 5.65 Å². The number of nitrogens with zero attached hydrogens (tertiary/aromatic N) is 6. The number of morpholine rings is 1. The number of rotatable bonds is 2. The second kappa shape index (κ2) is 7.55. The van der Waals surface area contributed by atoms with Crippen molar-refractivity contribution in [3.63, 3.8) is 0 Å². The van der Waals surface area contributed by atoms with E-state index in [1.807, 2.05) is 34.0 Å². The molecule has 0 aromatic carbocycles. The van der Waals surface area contributed by atoms with E-state index in [1.54, 1.807) is 26.5 Å². The first-order valence-electron chi connectivity index (χ1n) is 9.55. The molecule has 2 N–H and O–H groups in total. The first-order chi connectivity index (χ1) is 14.1. The van der Waals surface area contributed by atoms with Crippen molar-refractivity contribution in [2.75, 3.05) is 25.4 Å². The number of carbonyl (C=O) groups is 1. The number of halogens is 1. The van der Waals surface area contributed by atoms with E-state index in [0.29, 0.717) is 41.3 Å². The van der Waals surface area contributed by atoms with Crippen LogP contribution in [0.2, 0.25) is 0 Å². The number of ether oxygens (including phenoxy) is 2. The van der Waals surface area contributed by atoms with Crippen molar-refractivity contribution in [2.45, 2.75) is 32.5 Å². The van der Waals surface area contributed by atoms with Crippen LogP contribution in [0.5, 0.6) is 0 Å². The maximum absolute atomic E-state index is 12.5. The number of amides is 1. The molecule has 4 heterocycles. The molecule has 11 heteroatoms. The first kappa shape index (κ1) is 20.6. The number of hydrogen-bond donors (Lipinski definition) is 1. The average molecular weight is 478 g/mol. The van der Waals surface area contributed by atoms with E-state index in [-0.39, 0.29) is 6.09 Å². The highest BCUT2D eigenvalue weighted by molar-refractivity contribution is 9.10. The van der Waals surface area contributed by atoms with E-state index in [0.717, 1.165) is 11.1 Å². The van der Waals surface area contributed by atoms with Crippen LogP contribution < -0.4 is 5.73 Å². The summed E-state index contributed by atoms with van der Waals surface area (Å²) < 4.78 is 15.3. The first-order valence-corrected chi connectivity index (χ1v) is 10.3. The lowest BCUT2D eigenvalue weighted by Gasteiger charge is -2.34. The lowest BCUT2D eigenvalue weighted by molar-refractivity contribution is -0.0448. The highest BCUT2D eigenvalue weighted by Gasteiger charge is 2.32. The van der Waals surface area contributed by atoms with Crippen molar-refractivity contribution >= 4 is 33.5 Å². The Bertz CT molecular complexity index is 1100.